The van der Waals surface area contributed by atoms with Crippen molar-refractivity contribution in [1.29, 1.82) is 0 Å². The van der Waals surface area contributed by atoms with Gasteiger partial charge in [0, 0.05) is 25.7 Å². The van der Waals surface area contributed by atoms with Crippen LogP contribution in [0.4, 0.5) is 0 Å². The number of ether oxygens (including phenoxy) is 4. The number of hydrogen-bond acceptors (Lipinski definition) is 15. The van der Waals surface area contributed by atoms with Crippen LogP contribution in [0.3, 0.4) is 0 Å². The van der Waals surface area contributed by atoms with Crippen LogP contribution in [0.5, 0.6) is 0 Å². The Hall–Kier alpha value is -1.94. The van der Waals surface area contributed by atoms with Crippen LogP contribution in [0.2, 0.25) is 0 Å². The Balaban J connectivity index is 5.25. The quantitative estimate of drug-likeness (QED) is 0.0222. The molecule has 0 saturated carbocycles. The van der Waals surface area contributed by atoms with E-state index in [1.807, 2.05) is 0 Å². The number of hydrogen-bond donors (Lipinski definition) is 3. The highest BCUT2D eigenvalue weighted by Crippen LogP contribution is 2.45. The Kier molecular flexibility index (Phi) is 71.2. The molecule has 3 unspecified atom stereocenters. The van der Waals surface area contributed by atoms with E-state index in [9.17, 15) is 43.2 Å². The molecule has 100 heavy (non-hydrogen) atoms. The highest BCUT2D eigenvalue weighted by molar-refractivity contribution is 7.47. The van der Waals surface area contributed by atoms with Gasteiger partial charge in [-0.05, 0) is 37.5 Å². The molecule has 6 atom stereocenters. The maximum absolute atomic E-state index is 13.1. The predicted octanol–water partition coefficient (Wildman–Crippen LogP) is 24.3. The van der Waals surface area contributed by atoms with E-state index in [4.69, 9.17) is 37.0 Å². The van der Waals surface area contributed by atoms with Gasteiger partial charge in [-0.2, -0.15) is 0 Å². The summed E-state index contributed by atoms with van der Waals surface area (Å²) in [6, 6.07) is 0. The van der Waals surface area contributed by atoms with Crippen molar-refractivity contribution < 1.29 is 80.2 Å². The van der Waals surface area contributed by atoms with Gasteiger partial charge in [-0.25, -0.2) is 9.13 Å². The fourth-order valence-corrected chi connectivity index (χ4v) is 14.1. The van der Waals surface area contributed by atoms with Gasteiger partial charge in [-0.15, -0.1) is 0 Å². The average molecular weight is 1470 g/mol. The number of aliphatic hydroxyl groups is 1. The first-order valence-electron chi connectivity index (χ1n) is 42.0. The molecule has 0 bridgehead atoms. The second-order valence-electron chi connectivity index (χ2n) is 29.9. The Morgan fingerprint density at radius 2 is 0.510 bits per heavy atom. The smallest absolute Gasteiger partial charge is 0.462 e. The fourth-order valence-electron chi connectivity index (χ4n) is 12.5. The van der Waals surface area contributed by atoms with Gasteiger partial charge in [0.15, 0.2) is 12.2 Å². The standard InChI is InChI=1S/C81H158O17P2/c1-7-10-12-14-16-18-20-22-24-25-26-31-34-38-45-51-57-63-78(83)91-69-76(97-81(86)66-60-54-48-40-36-32-28-27-29-33-37-44-50-56-62-74(6)9-3)71-95-99(87,88)93-67-75(82)68-94-100(89,90)96-72-77(70-92-79(84)64-58-52-46-42-41-43-49-55-61-73(4)5)98-80(85)65-59-53-47-39-35-30-23-21-19-17-15-13-11-8-2/h73-77,82H,7-72H2,1-6H3,(H,87,88)(H,89,90)/t74?,75-,76-,77-/m1/s1. The van der Waals surface area contributed by atoms with Gasteiger partial charge in [0.05, 0.1) is 26.4 Å². The lowest BCUT2D eigenvalue weighted by molar-refractivity contribution is -0.161. The summed E-state index contributed by atoms with van der Waals surface area (Å²) in [6.07, 6.45) is 62.3. The minimum atomic E-state index is -4.96. The molecule has 0 heterocycles. The summed E-state index contributed by atoms with van der Waals surface area (Å²) in [6.45, 7) is 9.66. The molecule has 0 aliphatic heterocycles. The lowest BCUT2D eigenvalue weighted by atomic mass is 9.99. The van der Waals surface area contributed by atoms with Gasteiger partial charge in [0.25, 0.3) is 0 Å². The summed E-state index contributed by atoms with van der Waals surface area (Å²) in [5.74, 6) is -0.535. The molecule has 0 amide bonds. The van der Waals surface area contributed by atoms with Gasteiger partial charge >= 0.3 is 39.5 Å². The molecule has 3 N–H and O–H groups in total. The SMILES string of the molecule is CCCCCCCCCCCCCCCCCCCC(=O)OC[C@H](COP(=O)(O)OC[C@@H](O)COP(=O)(O)OC[C@@H](COC(=O)CCCCCCCCCCC(C)C)OC(=O)CCCCCCCCCCCCCCCC)OC(=O)CCCCCCCCCCCCCCCCC(C)CC. The molecule has 0 spiro atoms. The van der Waals surface area contributed by atoms with Crippen LogP contribution in [-0.2, 0) is 65.4 Å². The largest absolute Gasteiger partial charge is 0.472 e. The number of carbonyl (C=O) groups excluding carboxylic acids is 4. The van der Waals surface area contributed by atoms with E-state index in [-0.39, 0.29) is 25.7 Å². The summed E-state index contributed by atoms with van der Waals surface area (Å²) in [5, 5.41) is 10.6. The molecular weight excluding hydrogens is 1310 g/mol. The first-order valence-corrected chi connectivity index (χ1v) is 45.0. The number of esters is 4. The first-order chi connectivity index (χ1) is 48.4. The third kappa shape index (κ3) is 73.0. The van der Waals surface area contributed by atoms with Crippen molar-refractivity contribution in [2.45, 2.75) is 445 Å². The van der Waals surface area contributed by atoms with E-state index in [1.54, 1.807) is 0 Å². The molecule has 0 fully saturated rings. The van der Waals surface area contributed by atoms with Crippen molar-refractivity contribution >= 4 is 39.5 Å². The molecule has 17 nitrogen and oxygen atoms in total. The van der Waals surface area contributed by atoms with E-state index >= 15 is 0 Å². The summed E-state index contributed by atoms with van der Waals surface area (Å²) in [4.78, 5) is 73.0. The van der Waals surface area contributed by atoms with Crippen LogP contribution in [0.15, 0.2) is 0 Å². The lowest BCUT2D eigenvalue weighted by Gasteiger charge is -2.21. The molecule has 19 heteroatoms. The third-order valence-electron chi connectivity index (χ3n) is 19.3. The minimum absolute atomic E-state index is 0.108. The maximum atomic E-state index is 13.1. The zero-order chi connectivity index (χ0) is 73.5. The monoisotopic (exact) mass is 1470 g/mol. The maximum Gasteiger partial charge on any atom is 0.472 e. The number of unbranched alkanes of at least 4 members (excludes halogenated alkanes) is 49. The van der Waals surface area contributed by atoms with Crippen LogP contribution in [0.1, 0.15) is 427 Å². The summed E-state index contributed by atoms with van der Waals surface area (Å²) < 4.78 is 68.7. The average Bonchev–Trinajstić information content (AvgIpc) is 0.918. The fraction of sp³-hybridized carbons (Fsp3) is 0.951. The van der Waals surface area contributed by atoms with Crippen LogP contribution >= 0.6 is 15.6 Å². The van der Waals surface area contributed by atoms with Crippen molar-refractivity contribution in [3.8, 4) is 0 Å². The Labute approximate surface area is 613 Å². The van der Waals surface area contributed by atoms with E-state index in [1.165, 1.54) is 244 Å². The Bertz CT molecular complexity index is 1930. The normalized spacial score (nSPS) is 14.2. The number of aliphatic hydroxyl groups excluding tert-OH is 1. The van der Waals surface area contributed by atoms with Crippen LogP contribution in [0.25, 0.3) is 0 Å². The van der Waals surface area contributed by atoms with Gasteiger partial charge in [-0.3, -0.25) is 37.3 Å². The highest BCUT2D eigenvalue weighted by atomic mass is 31.2. The topological polar surface area (TPSA) is 237 Å². The number of carbonyl (C=O) groups is 4. The molecule has 0 saturated heterocycles. The molecule has 0 aliphatic carbocycles. The van der Waals surface area contributed by atoms with Gasteiger partial charge in [0.1, 0.15) is 19.3 Å². The molecule has 0 aromatic carbocycles. The van der Waals surface area contributed by atoms with Gasteiger partial charge in [0.2, 0.25) is 0 Å². The van der Waals surface area contributed by atoms with E-state index in [0.29, 0.717) is 25.7 Å². The molecule has 0 radical (unpaired) electrons. The molecular formula is C81H158O17P2. The van der Waals surface area contributed by atoms with E-state index in [2.05, 4.69) is 41.5 Å². The van der Waals surface area contributed by atoms with Gasteiger partial charge < -0.3 is 33.8 Å². The summed E-state index contributed by atoms with van der Waals surface area (Å²) in [7, 11) is -9.92. The van der Waals surface area contributed by atoms with Crippen molar-refractivity contribution in [2.75, 3.05) is 39.6 Å². The summed E-state index contributed by atoms with van der Waals surface area (Å²) in [5.41, 5.74) is 0. The summed E-state index contributed by atoms with van der Waals surface area (Å²) >= 11 is 0. The van der Waals surface area contributed by atoms with E-state index in [0.717, 1.165) is 102 Å². The second kappa shape index (κ2) is 72.6. The zero-order valence-corrected chi connectivity index (χ0v) is 67.3. The second-order valence-corrected chi connectivity index (χ2v) is 32.8. The molecule has 0 aliphatic rings. The highest BCUT2D eigenvalue weighted by Gasteiger charge is 2.30. The van der Waals surface area contributed by atoms with Crippen molar-refractivity contribution in [2.24, 2.45) is 11.8 Å². The minimum Gasteiger partial charge on any atom is -0.462 e. The predicted molar refractivity (Wildman–Crippen MR) is 409 cm³/mol. The van der Waals surface area contributed by atoms with Crippen LogP contribution < -0.4 is 0 Å². The lowest BCUT2D eigenvalue weighted by Crippen LogP contribution is -2.30. The zero-order valence-electron chi connectivity index (χ0n) is 65.5. The number of rotatable bonds is 80. The van der Waals surface area contributed by atoms with Gasteiger partial charge in [-0.1, -0.05) is 375 Å². The van der Waals surface area contributed by atoms with Crippen molar-refractivity contribution in [3.05, 3.63) is 0 Å². The Morgan fingerprint density at radius 1 is 0.290 bits per heavy atom. The van der Waals surface area contributed by atoms with Crippen LogP contribution in [0, 0.1) is 11.8 Å². The number of phosphoric ester groups is 2. The molecule has 0 aromatic rings. The van der Waals surface area contributed by atoms with E-state index < -0.39 is 97.5 Å². The van der Waals surface area contributed by atoms with Crippen molar-refractivity contribution in [1.82, 2.24) is 0 Å². The van der Waals surface area contributed by atoms with Crippen molar-refractivity contribution in [3.63, 3.8) is 0 Å². The number of phosphoric acid groups is 2. The third-order valence-corrected chi connectivity index (χ3v) is 21.2. The van der Waals surface area contributed by atoms with Crippen LogP contribution in [-0.4, -0.2) is 96.7 Å². The molecule has 0 aromatic heterocycles. The first kappa shape index (κ1) is 98.1. The molecule has 0 rings (SSSR count). The Morgan fingerprint density at radius 3 is 0.760 bits per heavy atom. The molecule has 594 valence electrons.